The van der Waals surface area contributed by atoms with Crippen LogP contribution in [0.2, 0.25) is 5.02 Å². The monoisotopic (exact) mass is 410 g/mol. The molecule has 2 aromatic heterocycles. The fraction of sp³-hybridized carbons (Fsp3) is 0.286. The van der Waals surface area contributed by atoms with Gasteiger partial charge in [0.15, 0.2) is 0 Å². The Kier molecular flexibility index (Phi) is 5.03. The highest BCUT2D eigenvalue weighted by molar-refractivity contribution is 6.32. The highest BCUT2D eigenvalue weighted by atomic mass is 35.5. The molecule has 2 heterocycles. The molecular formula is C21H19ClN4O3. The fourth-order valence-corrected chi connectivity index (χ4v) is 3.29. The molecule has 8 heteroatoms. The number of H-pyrrole nitrogens is 1. The summed E-state index contributed by atoms with van der Waals surface area (Å²) in [5, 5.41) is 13.2. The topological polar surface area (TPSA) is 99.9 Å². The standard InChI is InChI=1S/C21H19ClN4O3/c1-26-15(9-23)4-5-17(21(26)28)24-10-14-6-13-7-16(22)19(29-11-12-2-3-12)8-18(13)25-20(14)27/h4-8,12,24H,2-3,10-11H2,1H3,(H,25,27). The van der Waals surface area contributed by atoms with E-state index in [0.717, 1.165) is 5.39 Å². The Hall–Kier alpha value is -3.24. The van der Waals surface area contributed by atoms with Gasteiger partial charge in [0.2, 0.25) is 0 Å². The van der Waals surface area contributed by atoms with Crippen LogP contribution in [-0.4, -0.2) is 16.2 Å². The fourth-order valence-electron chi connectivity index (χ4n) is 3.06. The summed E-state index contributed by atoms with van der Waals surface area (Å²) in [6, 6.07) is 10.3. The Balaban J connectivity index is 1.58. The lowest BCUT2D eigenvalue weighted by Crippen LogP contribution is -2.24. The van der Waals surface area contributed by atoms with Gasteiger partial charge in [0.05, 0.1) is 17.1 Å². The van der Waals surface area contributed by atoms with Crippen molar-refractivity contribution in [2.45, 2.75) is 19.4 Å². The van der Waals surface area contributed by atoms with Crippen LogP contribution < -0.4 is 21.2 Å². The van der Waals surface area contributed by atoms with Gasteiger partial charge in [-0.2, -0.15) is 5.26 Å². The van der Waals surface area contributed by atoms with Gasteiger partial charge in [-0.15, -0.1) is 0 Å². The average molecular weight is 411 g/mol. The minimum absolute atomic E-state index is 0.157. The van der Waals surface area contributed by atoms with Gasteiger partial charge in [-0.3, -0.25) is 9.59 Å². The number of hydrogen-bond acceptors (Lipinski definition) is 5. The molecule has 29 heavy (non-hydrogen) atoms. The Bertz CT molecular complexity index is 1250. The summed E-state index contributed by atoms with van der Waals surface area (Å²) >= 11 is 6.34. The molecule has 1 saturated carbocycles. The molecule has 1 aliphatic rings. The predicted molar refractivity (Wildman–Crippen MR) is 112 cm³/mol. The summed E-state index contributed by atoms with van der Waals surface area (Å²) in [5.74, 6) is 1.16. The lowest BCUT2D eigenvalue weighted by molar-refractivity contribution is 0.300. The van der Waals surface area contributed by atoms with Crippen molar-refractivity contribution in [1.82, 2.24) is 9.55 Å². The number of aromatic amines is 1. The quantitative estimate of drug-likeness (QED) is 0.650. The van der Waals surface area contributed by atoms with Gasteiger partial charge in [0, 0.05) is 30.6 Å². The van der Waals surface area contributed by atoms with Crippen LogP contribution in [0.5, 0.6) is 5.75 Å². The number of pyridine rings is 2. The highest BCUT2D eigenvalue weighted by Gasteiger charge is 2.22. The third kappa shape index (κ3) is 3.98. The van der Waals surface area contributed by atoms with E-state index in [4.69, 9.17) is 21.6 Å². The molecule has 7 nitrogen and oxygen atoms in total. The molecule has 4 rings (SSSR count). The first-order valence-corrected chi connectivity index (χ1v) is 9.66. The number of nitrogens with zero attached hydrogens (tertiary/aromatic N) is 2. The van der Waals surface area contributed by atoms with Crippen LogP contribution in [0.3, 0.4) is 0 Å². The second-order valence-electron chi connectivity index (χ2n) is 7.21. The molecule has 0 unspecified atom stereocenters. The maximum Gasteiger partial charge on any atom is 0.274 e. The summed E-state index contributed by atoms with van der Waals surface area (Å²) < 4.78 is 7.02. The molecule has 0 amide bonds. The molecule has 1 fully saturated rings. The largest absolute Gasteiger partial charge is 0.492 e. The van der Waals surface area contributed by atoms with E-state index in [1.807, 2.05) is 6.07 Å². The summed E-state index contributed by atoms with van der Waals surface area (Å²) in [6.07, 6.45) is 2.36. The van der Waals surface area contributed by atoms with E-state index in [1.54, 1.807) is 24.3 Å². The number of benzene rings is 1. The van der Waals surface area contributed by atoms with E-state index in [-0.39, 0.29) is 23.4 Å². The van der Waals surface area contributed by atoms with E-state index >= 15 is 0 Å². The maximum atomic E-state index is 12.5. The van der Waals surface area contributed by atoms with Crippen molar-refractivity contribution >= 4 is 28.2 Å². The molecule has 2 N–H and O–H groups in total. The van der Waals surface area contributed by atoms with E-state index in [0.29, 0.717) is 40.1 Å². The number of halogens is 1. The Morgan fingerprint density at radius 2 is 2.10 bits per heavy atom. The molecule has 3 aromatic rings. The number of nitriles is 1. The summed E-state index contributed by atoms with van der Waals surface area (Å²) in [4.78, 5) is 27.6. The molecule has 148 valence electrons. The van der Waals surface area contributed by atoms with Gasteiger partial charge in [-0.05, 0) is 43.0 Å². The Labute approximate surface area is 171 Å². The zero-order valence-corrected chi connectivity index (χ0v) is 16.5. The summed E-state index contributed by atoms with van der Waals surface area (Å²) in [5.41, 5.74) is 1.09. The zero-order valence-electron chi connectivity index (χ0n) is 15.8. The van der Waals surface area contributed by atoms with Gasteiger partial charge in [0.1, 0.15) is 23.2 Å². The third-order valence-electron chi connectivity index (χ3n) is 5.03. The van der Waals surface area contributed by atoms with Gasteiger partial charge < -0.3 is 19.6 Å². The lowest BCUT2D eigenvalue weighted by atomic mass is 10.1. The average Bonchev–Trinajstić information content (AvgIpc) is 3.52. The van der Waals surface area contributed by atoms with Crippen molar-refractivity contribution in [2.75, 3.05) is 11.9 Å². The maximum absolute atomic E-state index is 12.5. The summed E-state index contributed by atoms with van der Waals surface area (Å²) in [6.45, 7) is 0.793. The molecular weight excluding hydrogens is 392 g/mol. The van der Waals surface area contributed by atoms with Crippen LogP contribution >= 0.6 is 11.6 Å². The Morgan fingerprint density at radius 1 is 1.31 bits per heavy atom. The predicted octanol–water partition coefficient (Wildman–Crippen LogP) is 3.15. The normalized spacial score (nSPS) is 13.3. The van der Waals surface area contributed by atoms with Crippen molar-refractivity contribution in [1.29, 1.82) is 5.26 Å². The van der Waals surface area contributed by atoms with Crippen molar-refractivity contribution in [2.24, 2.45) is 13.0 Å². The first-order chi connectivity index (χ1) is 14.0. The highest BCUT2D eigenvalue weighted by Crippen LogP contribution is 2.33. The number of nitrogens with one attached hydrogen (secondary N) is 2. The van der Waals surface area contributed by atoms with Crippen LogP contribution in [-0.2, 0) is 13.6 Å². The van der Waals surface area contributed by atoms with Crippen molar-refractivity contribution in [3.63, 3.8) is 0 Å². The second-order valence-corrected chi connectivity index (χ2v) is 7.62. The SMILES string of the molecule is Cn1c(C#N)ccc(NCc2cc3cc(Cl)c(OCC4CC4)cc3[nH]c2=O)c1=O. The number of anilines is 1. The second kappa shape index (κ2) is 7.64. The number of aromatic nitrogens is 2. The van der Waals surface area contributed by atoms with Crippen LogP contribution in [0.4, 0.5) is 5.69 Å². The van der Waals surface area contributed by atoms with Gasteiger partial charge in [-0.25, -0.2) is 0 Å². The molecule has 1 aliphatic carbocycles. The Morgan fingerprint density at radius 3 is 2.83 bits per heavy atom. The summed E-state index contributed by atoms with van der Waals surface area (Å²) in [7, 11) is 1.53. The zero-order chi connectivity index (χ0) is 20.5. The number of rotatable bonds is 6. The van der Waals surface area contributed by atoms with E-state index in [2.05, 4.69) is 10.3 Å². The van der Waals surface area contributed by atoms with Crippen LogP contribution in [0.1, 0.15) is 24.1 Å². The number of ether oxygens (including phenoxy) is 1. The van der Waals surface area contributed by atoms with E-state index in [9.17, 15) is 9.59 Å². The van der Waals surface area contributed by atoms with Crippen molar-refractivity contribution in [3.8, 4) is 11.8 Å². The van der Waals surface area contributed by atoms with E-state index in [1.165, 1.54) is 30.5 Å². The first kappa shape index (κ1) is 19.1. The van der Waals surface area contributed by atoms with E-state index < -0.39 is 0 Å². The molecule has 0 spiro atoms. The van der Waals surface area contributed by atoms with Crippen LogP contribution in [0, 0.1) is 17.2 Å². The van der Waals surface area contributed by atoms with Crippen LogP contribution in [0.25, 0.3) is 10.9 Å². The number of fused-ring (bicyclic) bond motifs is 1. The molecule has 0 atom stereocenters. The molecule has 1 aromatic carbocycles. The lowest BCUT2D eigenvalue weighted by Gasteiger charge is -2.11. The molecule has 0 radical (unpaired) electrons. The van der Waals surface area contributed by atoms with Gasteiger partial charge in [-0.1, -0.05) is 11.6 Å². The third-order valence-corrected chi connectivity index (χ3v) is 5.33. The van der Waals surface area contributed by atoms with Gasteiger partial charge >= 0.3 is 0 Å². The van der Waals surface area contributed by atoms with Gasteiger partial charge in [0.25, 0.3) is 11.1 Å². The molecule has 0 aliphatic heterocycles. The van der Waals surface area contributed by atoms with Crippen LogP contribution in [0.15, 0.2) is 39.9 Å². The minimum Gasteiger partial charge on any atom is -0.492 e. The first-order valence-electron chi connectivity index (χ1n) is 9.28. The van der Waals surface area contributed by atoms with Crippen molar-refractivity contribution in [3.05, 3.63) is 67.3 Å². The smallest absolute Gasteiger partial charge is 0.274 e. The molecule has 0 saturated heterocycles. The van der Waals surface area contributed by atoms with Crippen molar-refractivity contribution < 1.29 is 4.74 Å². The minimum atomic E-state index is -0.332. The molecule has 0 bridgehead atoms. The number of hydrogen-bond donors (Lipinski definition) is 2.